The van der Waals surface area contributed by atoms with E-state index in [0.717, 1.165) is 10.9 Å². The molecule has 0 aliphatic heterocycles. The fraction of sp³-hybridized carbons (Fsp3) is 0.176. The molecular formula is C17H16FNS. The summed E-state index contributed by atoms with van der Waals surface area (Å²) in [5, 5.41) is 5.00. The predicted octanol–water partition coefficient (Wildman–Crippen LogP) is 4.66. The molecule has 3 heteroatoms. The summed E-state index contributed by atoms with van der Waals surface area (Å²) in [5.41, 5.74) is 1.12. The van der Waals surface area contributed by atoms with E-state index in [-0.39, 0.29) is 11.9 Å². The first kappa shape index (κ1) is 13.3. The standard InChI is InChI=1S/C17H16FNS/c1-11-7-10-16(20-11)17(19-2)14-8-9-15(18)13-6-4-3-5-12(13)14/h3-10,17,19H,1-2H3. The van der Waals surface area contributed by atoms with E-state index < -0.39 is 0 Å². The fourth-order valence-corrected chi connectivity index (χ4v) is 3.60. The average molecular weight is 285 g/mol. The second-order valence-corrected chi connectivity index (χ2v) is 6.17. The van der Waals surface area contributed by atoms with E-state index in [1.54, 1.807) is 17.4 Å². The second kappa shape index (κ2) is 5.35. The number of hydrogen-bond acceptors (Lipinski definition) is 2. The number of rotatable bonds is 3. The molecule has 0 fully saturated rings. The molecule has 0 spiro atoms. The van der Waals surface area contributed by atoms with Crippen molar-refractivity contribution in [3.63, 3.8) is 0 Å². The Kier molecular flexibility index (Phi) is 3.55. The van der Waals surface area contributed by atoms with Gasteiger partial charge in [-0.2, -0.15) is 0 Å². The Bertz CT molecular complexity index is 748. The fourth-order valence-electron chi connectivity index (χ4n) is 2.60. The molecule has 0 saturated heterocycles. The third kappa shape index (κ3) is 2.23. The number of hydrogen-bond donors (Lipinski definition) is 1. The minimum Gasteiger partial charge on any atom is -0.309 e. The predicted molar refractivity (Wildman–Crippen MR) is 83.9 cm³/mol. The van der Waals surface area contributed by atoms with Crippen molar-refractivity contribution in [1.82, 2.24) is 5.32 Å². The third-order valence-electron chi connectivity index (χ3n) is 3.55. The normalized spacial score (nSPS) is 12.8. The van der Waals surface area contributed by atoms with Crippen molar-refractivity contribution in [2.45, 2.75) is 13.0 Å². The number of benzene rings is 2. The SMILES string of the molecule is CNC(c1ccc(C)s1)c1ccc(F)c2ccccc12. The number of nitrogens with one attached hydrogen (secondary N) is 1. The second-order valence-electron chi connectivity index (χ2n) is 4.85. The zero-order valence-corrected chi connectivity index (χ0v) is 12.3. The van der Waals surface area contributed by atoms with Gasteiger partial charge in [0.25, 0.3) is 0 Å². The van der Waals surface area contributed by atoms with Crippen LogP contribution in [-0.4, -0.2) is 7.05 Å². The van der Waals surface area contributed by atoms with Gasteiger partial charge in [-0.25, -0.2) is 4.39 Å². The van der Waals surface area contributed by atoms with Crippen molar-refractivity contribution in [2.24, 2.45) is 0 Å². The summed E-state index contributed by atoms with van der Waals surface area (Å²) in [7, 11) is 1.94. The van der Waals surface area contributed by atoms with E-state index in [9.17, 15) is 4.39 Å². The van der Waals surface area contributed by atoms with Crippen LogP contribution >= 0.6 is 11.3 Å². The highest BCUT2D eigenvalue weighted by atomic mass is 32.1. The Balaban J connectivity index is 2.20. The van der Waals surface area contributed by atoms with Crippen LogP contribution in [0.4, 0.5) is 4.39 Å². The van der Waals surface area contributed by atoms with Crippen LogP contribution in [0.5, 0.6) is 0 Å². The van der Waals surface area contributed by atoms with Gasteiger partial charge in [-0.3, -0.25) is 0 Å². The smallest absolute Gasteiger partial charge is 0.131 e. The van der Waals surface area contributed by atoms with E-state index in [2.05, 4.69) is 24.4 Å². The molecule has 1 unspecified atom stereocenters. The molecule has 0 aliphatic rings. The Hall–Kier alpha value is -1.71. The molecule has 0 radical (unpaired) electrons. The van der Waals surface area contributed by atoms with Gasteiger partial charge in [-0.05, 0) is 43.1 Å². The molecule has 2 aromatic carbocycles. The largest absolute Gasteiger partial charge is 0.309 e. The van der Waals surface area contributed by atoms with E-state index in [1.165, 1.54) is 9.75 Å². The highest BCUT2D eigenvalue weighted by Gasteiger charge is 2.17. The Labute approximate surface area is 122 Å². The maximum Gasteiger partial charge on any atom is 0.131 e. The maximum atomic E-state index is 13.9. The number of halogens is 1. The number of aryl methyl sites for hydroxylation is 1. The van der Waals surface area contributed by atoms with Gasteiger partial charge in [-0.1, -0.05) is 30.3 Å². The van der Waals surface area contributed by atoms with Gasteiger partial charge in [0.05, 0.1) is 6.04 Å². The summed E-state index contributed by atoms with van der Waals surface area (Å²) >= 11 is 1.77. The topological polar surface area (TPSA) is 12.0 Å². The number of fused-ring (bicyclic) bond motifs is 1. The van der Waals surface area contributed by atoms with Gasteiger partial charge >= 0.3 is 0 Å². The van der Waals surface area contributed by atoms with Gasteiger partial charge in [-0.15, -0.1) is 11.3 Å². The Morgan fingerprint density at radius 1 is 1.00 bits per heavy atom. The van der Waals surface area contributed by atoms with Crippen LogP contribution in [0, 0.1) is 12.7 Å². The van der Waals surface area contributed by atoms with Crippen LogP contribution in [0.15, 0.2) is 48.5 Å². The molecule has 1 heterocycles. The molecule has 3 rings (SSSR count). The summed E-state index contributed by atoms with van der Waals surface area (Å²) in [6, 6.07) is 15.4. The summed E-state index contributed by atoms with van der Waals surface area (Å²) in [4.78, 5) is 2.54. The summed E-state index contributed by atoms with van der Waals surface area (Å²) in [6.07, 6.45) is 0. The number of thiophene rings is 1. The lowest BCUT2D eigenvalue weighted by molar-refractivity contribution is 0.637. The van der Waals surface area contributed by atoms with Gasteiger partial charge < -0.3 is 5.32 Å². The first-order chi connectivity index (χ1) is 9.70. The highest BCUT2D eigenvalue weighted by molar-refractivity contribution is 7.12. The zero-order valence-electron chi connectivity index (χ0n) is 11.5. The summed E-state index contributed by atoms with van der Waals surface area (Å²) in [6.45, 7) is 2.10. The van der Waals surface area contributed by atoms with Crippen molar-refractivity contribution < 1.29 is 4.39 Å². The van der Waals surface area contributed by atoms with Gasteiger partial charge in [0, 0.05) is 15.1 Å². The van der Waals surface area contributed by atoms with E-state index in [1.807, 2.05) is 37.4 Å². The lowest BCUT2D eigenvalue weighted by Crippen LogP contribution is -2.16. The molecule has 1 N–H and O–H groups in total. The molecule has 102 valence electrons. The van der Waals surface area contributed by atoms with Gasteiger partial charge in [0.2, 0.25) is 0 Å². The average Bonchev–Trinajstić information content (AvgIpc) is 2.89. The van der Waals surface area contributed by atoms with Crippen molar-refractivity contribution >= 4 is 22.1 Å². The molecule has 0 amide bonds. The Morgan fingerprint density at radius 3 is 2.40 bits per heavy atom. The first-order valence-electron chi connectivity index (χ1n) is 6.61. The molecule has 20 heavy (non-hydrogen) atoms. The first-order valence-corrected chi connectivity index (χ1v) is 7.43. The minimum atomic E-state index is -0.165. The van der Waals surface area contributed by atoms with Crippen LogP contribution in [0.1, 0.15) is 21.4 Å². The lowest BCUT2D eigenvalue weighted by atomic mass is 9.97. The van der Waals surface area contributed by atoms with E-state index in [4.69, 9.17) is 0 Å². The molecule has 0 saturated carbocycles. The quantitative estimate of drug-likeness (QED) is 0.738. The minimum absolute atomic E-state index is 0.0965. The van der Waals surface area contributed by atoms with Gasteiger partial charge in [0.15, 0.2) is 0 Å². The lowest BCUT2D eigenvalue weighted by Gasteiger charge is -2.17. The van der Waals surface area contributed by atoms with Crippen molar-refractivity contribution in [3.05, 3.63) is 69.7 Å². The van der Waals surface area contributed by atoms with Crippen molar-refractivity contribution in [3.8, 4) is 0 Å². The molecular weight excluding hydrogens is 269 g/mol. The van der Waals surface area contributed by atoms with E-state index >= 15 is 0 Å². The van der Waals surface area contributed by atoms with Gasteiger partial charge in [0.1, 0.15) is 5.82 Å². The van der Waals surface area contributed by atoms with Crippen LogP contribution in [0.3, 0.4) is 0 Å². The Morgan fingerprint density at radius 2 is 1.75 bits per heavy atom. The van der Waals surface area contributed by atoms with Crippen LogP contribution in [-0.2, 0) is 0 Å². The molecule has 0 bridgehead atoms. The monoisotopic (exact) mass is 285 g/mol. The molecule has 0 aliphatic carbocycles. The van der Waals surface area contributed by atoms with E-state index in [0.29, 0.717) is 5.39 Å². The highest BCUT2D eigenvalue weighted by Crippen LogP contribution is 2.33. The molecule has 1 aromatic heterocycles. The molecule has 1 nitrogen and oxygen atoms in total. The summed E-state index contributed by atoms with van der Waals surface area (Å²) < 4.78 is 13.9. The maximum absolute atomic E-state index is 13.9. The van der Waals surface area contributed by atoms with Crippen LogP contribution in [0.25, 0.3) is 10.8 Å². The summed E-state index contributed by atoms with van der Waals surface area (Å²) in [5.74, 6) is -0.165. The van der Waals surface area contributed by atoms with Crippen LogP contribution < -0.4 is 5.32 Å². The molecule has 1 atom stereocenters. The van der Waals surface area contributed by atoms with Crippen molar-refractivity contribution in [1.29, 1.82) is 0 Å². The zero-order chi connectivity index (χ0) is 14.1. The van der Waals surface area contributed by atoms with Crippen LogP contribution in [0.2, 0.25) is 0 Å². The third-order valence-corrected chi connectivity index (χ3v) is 4.62. The molecule has 3 aromatic rings. The van der Waals surface area contributed by atoms with Crippen molar-refractivity contribution in [2.75, 3.05) is 7.05 Å².